The van der Waals surface area contributed by atoms with Crippen LogP contribution in [-0.4, -0.2) is 47.7 Å². The smallest absolute Gasteiger partial charge is 0.323 e. The number of aliphatic carboxylic acids is 1. The summed E-state index contributed by atoms with van der Waals surface area (Å²) >= 11 is 0. The standard InChI is InChI=1S/C16H30N2O2/c1-15(2,3)12-6-9-18(10-7-12)13-5-8-16(11-13,17-4)14(19)20/h12-13,17H,5-11H2,1-4H3,(H,19,20). The second kappa shape index (κ2) is 5.64. The van der Waals surface area contributed by atoms with Gasteiger partial charge >= 0.3 is 5.97 Å². The van der Waals surface area contributed by atoms with Crippen LogP contribution < -0.4 is 5.32 Å². The van der Waals surface area contributed by atoms with Gasteiger partial charge in [0.25, 0.3) is 0 Å². The van der Waals surface area contributed by atoms with E-state index in [1.807, 2.05) is 0 Å². The highest BCUT2D eigenvalue weighted by Crippen LogP contribution is 2.38. The third-order valence-corrected chi connectivity index (χ3v) is 5.65. The molecule has 0 radical (unpaired) electrons. The Kier molecular flexibility index (Phi) is 4.45. The van der Waals surface area contributed by atoms with Gasteiger partial charge in [0.05, 0.1) is 0 Å². The van der Waals surface area contributed by atoms with Gasteiger partial charge in [-0.25, -0.2) is 0 Å². The molecule has 0 aromatic rings. The molecule has 0 aromatic heterocycles. The summed E-state index contributed by atoms with van der Waals surface area (Å²) < 4.78 is 0. The average Bonchev–Trinajstić information content (AvgIpc) is 2.83. The predicted molar refractivity (Wildman–Crippen MR) is 80.8 cm³/mol. The first-order valence-corrected chi connectivity index (χ1v) is 7.95. The minimum Gasteiger partial charge on any atom is -0.480 e. The number of piperidine rings is 1. The molecule has 2 fully saturated rings. The molecule has 0 bridgehead atoms. The molecule has 116 valence electrons. The van der Waals surface area contributed by atoms with E-state index in [-0.39, 0.29) is 0 Å². The van der Waals surface area contributed by atoms with Crippen LogP contribution in [0.1, 0.15) is 52.9 Å². The van der Waals surface area contributed by atoms with Crippen molar-refractivity contribution >= 4 is 5.97 Å². The Labute approximate surface area is 122 Å². The van der Waals surface area contributed by atoms with E-state index in [1.165, 1.54) is 12.8 Å². The molecule has 2 N–H and O–H groups in total. The average molecular weight is 282 g/mol. The van der Waals surface area contributed by atoms with E-state index in [9.17, 15) is 9.90 Å². The molecule has 4 nitrogen and oxygen atoms in total. The number of nitrogens with zero attached hydrogens (tertiary/aromatic N) is 1. The third kappa shape index (κ3) is 3.01. The molecule has 0 spiro atoms. The molecular formula is C16H30N2O2. The van der Waals surface area contributed by atoms with E-state index >= 15 is 0 Å². The second-order valence-corrected chi connectivity index (χ2v) is 7.71. The molecule has 0 aromatic carbocycles. The molecule has 1 saturated carbocycles. The molecule has 1 aliphatic carbocycles. The van der Waals surface area contributed by atoms with Gasteiger partial charge in [0.2, 0.25) is 0 Å². The zero-order valence-electron chi connectivity index (χ0n) is 13.4. The maximum Gasteiger partial charge on any atom is 0.323 e. The number of hydrogen-bond acceptors (Lipinski definition) is 3. The van der Waals surface area contributed by atoms with Crippen LogP contribution in [0, 0.1) is 11.3 Å². The molecule has 2 rings (SSSR count). The van der Waals surface area contributed by atoms with Crippen molar-refractivity contribution in [3.63, 3.8) is 0 Å². The van der Waals surface area contributed by atoms with Gasteiger partial charge in [-0.05, 0) is 63.6 Å². The van der Waals surface area contributed by atoms with Gasteiger partial charge < -0.3 is 15.3 Å². The maximum atomic E-state index is 11.5. The van der Waals surface area contributed by atoms with Crippen molar-refractivity contribution in [2.75, 3.05) is 20.1 Å². The Morgan fingerprint density at radius 1 is 1.25 bits per heavy atom. The quantitative estimate of drug-likeness (QED) is 0.834. The zero-order valence-corrected chi connectivity index (χ0v) is 13.4. The van der Waals surface area contributed by atoms with Crippen molar-refractivity contribution in [1.29, 1.82) is 0 Å². The van der Waals surface area contributed by atoms with Crippen LogP contribution in [0.2, 0.25) is 0 Å². The molecule has 2 unspecified atom stereocenters. The fraction of sp³-hybridized carbons (Fsp3) is 0.938. The van der Waals surface area contributed by atoms with Crippen LogP contribution in [0.3, 0.4) is 0 Å². The van der Waals surface area contributed by atoms with Crippen LogP contribution >= 0.6 is 0 Å². The summed E-state index contributed by atoms with van der Waals surface area (Å²) in [5.74, 6) is 0.112. The van der Waals surface area contributed by atoms with Gasteiger partial charge in [-0.1, -0.05) is 20.8 Å². The van der Waals surface area contributed by atoms with E-state index in [0.29, 0.717) is 11.5 Å². The van der Waals surface area contributed by atoms with Crippen molar-refractivity contribution in [3.05, 3.63) is 0 Å². The van der Waals surface area contributed by atoms with Crippen molar-refractivity contribution < 1.29 is 9.90 Å². The highest BCUT2D eigenvalue weighted by molar-refractivity contribution is 5.79. The van der Waals surface area contributed by atoms with Gasteiger partial charge in [0.1, 0.15) is 5.54 Å². The Bertz CT molecular complexity index is 356. The molecule has 1 aliphatic heterocycles. The normalized spacial score (nSPS) is 33.5. The third-order valence-electron chi connectivity index (χ3n) is 5.65. The van der Waals surface area contributed by atoms with Gasteiger partial charge in [-0.2, -0.15) is 0 Å². The number of carboxylic acid groups (broad SMARTS) is 1. The minimum absolute atomic E-state index is 0.400. The highest BCUT2D eigenvalue weighted by atomic mass is 16.4. The predicted octanol–water partition coefficient (Wildman–Crippen LogP) is 2.34. The fourth-order valence-electron chi connectivity index (χ4n) is 3.99. The van der Waals surface area contributed by atoms with Crippen LogP contribution in [0.25, 0.3) is 0 Å². The maximum absolute atomic E-state index is 11.5. The van der Waals surface area contributed by atoms with Crippen LogP contribution in [0.4, 0.5) is 0 Å². The lowest BCUT2D eigenvalue weighted by Crippen LogP contribution is -2.50. The Morgan fingerprint density at radius 2 is 1.85 bits per heavy atom. The molecule has 0 amide bonds. The molecule has 1 saturated heterocycles. The van der Waals surface area contributed by atoms with Gasteiger partial charge in [0, 0.05) is 6.04 Å². The summed E-state index contributed by atoms with van der Waals surface area (Å²) in [6, 6.07) is 0.444. The lowest BCUT2D eigenvalue weighted by atomic mass is 9.75. The van der Waals surface area contributed by atoms with Gasteiger partial charge in [-0.3, -0.25) is 4.79 Å². The summed E-state index contributed by atoms with van der Waals surface area (Å²) in [6.45, 7) is 9.26. The van der Waals surface area contributed by atoms with Gasteiger partial charge in [-0.15, -0.1) is 0 Å². The van der Waals surface area contributed by atoms with Crippen molar-refractivity contribution in [2.45, 2.75) is 64.5 Å². The second-order valence-electron chi connectivity index (χ2n) is 7.71. The van der Waals surface area contributed by atoms with Crippen molar-refractivity contribution in [3.8, 4) is 0 Å². The van der Waals surface area contributed by atoms with Crippen LogP contribution in [0.15, 0.2) is 0 Å². The van der Waals surface area contributed by atoms with E-state index < -0.39 is 11.5 Å². The monoisotopic (exact) mass is 282 g/mol. The summed E-state index contributed by atoms with van der Waals surface area (Å²) in [6.07, 6.45) is 5.01. The first-order chi connectivity index (χ1) is 9.28. The number of nitrogens with one attached hydrogen (secondary N) is 1. The zero-order chi connectivity index (χ0) is 15.0. The molecular weight excluding hydrogens is 252 g/mol. The van der Waals surface area contributed by atoms with Crippen LogP contribution in [-0.2, 0) is 4.79 Å². The molecule has 20 heavy (non-hydrogen) atoms. The minimum atomic E-state index is -0.689. The molecule has 4 heteroatoms. The first-order valence-electron chi connectivity index (χ1n) is 7.95. The van der Waals surface area contributed by atoms with E-state index in [4.69, 9.17) is 0 Å². The fourth-order valence-corrected chi connectivity index (χ4v) is 3.99. The number of likely N-dealkylation sites (N-methyl/N-ethyl adjacent to an activating group) is 1. The number of hydrogen-bond donors (Lipinski definition) is 2. The number of rotatable bonds is 3. The summed E-state index contributed by atoms with van der Waals surface area (Å²) in [7, 11) is 1.78. The summed E-state index contributed by atoms with van der Waals surface area (Å²) in [5, 5.41) is 12.5. The van der Waals surface area contributed by atoms with Gasteiger partial charge in [0.15, 0.2) is 0 Å². The molecule has 1 heterocycles. The number of likely N-dealkylation sites (tertiary alicyclic amines) is 1. The Morgan fingerprint density at radius 3 is 2.25 bits per heavy atom. The number of carbonyl (C=O) groups is 1. The largest absolute Gasteiger partial charge is 0.480 e. The molecule has 2 atom stereocenters. The summed E-state index contributed by atoms with van der Waals surface area (Å²) in [5.41, 5.74) is -0.289. The van der Waals surface area contributed by atoms with Crippen molar-refractivity contribution in [1.82, 2.24) is 10.2 Å². The van der Waals surface area contributed by atoms with E-state index in [1.54, 1.807) is 7.05 Å². The lowest BCUT2D eigenvalue weighted by Gasteiger charge is -2.41. The van der Waals surface area contributed by atoms with E-state index in [2.05, 4.69) is 31.0 Å². The SMILES string of the molecule is CNC1(C(=O)O)CCC(N2CCC(C(C)(C)C)CC2)C1. The summed E-state index contributed by atoms with van der Waals surface area (Å²) in [4.78, 5) is 14.0. The lowest BCUT2D eigenvalue weighted by molar-refractivity contribution is -0.144. The number of carboxylic acids is 1. The first kappa shape index (κ1) is 15.8. The highest BCUT2D eigenvalue weighted by Gasteiger charge is 2.46. The van der Waals surface area contributed by atoms with Crippen LogP contribution in [0.5, 0.6) is 0 Å². The van der Waals surface area contributed by atoms with E-state index in [0.717, 1.165) is 38.3 Å². The topological polar surface area (TPSA) is 52.6 Å². The Hall–Kier alpha value is -0.610. The van der Waals surface area contributed by atoms with Crippen molar-refractivity contribution in [2.24, 2.45) is 11.3 Å². The Balaban J connectivity index is 1.91. The molecule has 2 aliphatic rings.